The van der Waals surface area contributed by atoms with Gasteiger partial charge in [-0.25, -0.2) is 9.37 Å². The molecule has 4 aromatic rings. The molecule has 0 atom stereocenters. The maximum absolute atomic E-state index is 12.9. The van der Waals surface area contributed by atoms with Crippen molar-refractivity contribution < 1.29 is 8.91 Å². The third-order valence-corrected chi connectivity index (χ3v) is 4.20. The lowest BCUT2D eigenvalue weighted by Gasteiger charge is -2.00. The quantitative estimate of drug-likeness (QED) is 0.578. The topological polar surface area (TPSA) is 73.8 Å². The van der Waals surface area contributed by atoms with Crippen LogP contribution in [0.5, 0.6) is 0 Å². The van der Waals surface area contributed by atoms with Crippen molar-refractivity contribution in [1.29, 1.82) is 0 Å². The highest BCUT2D eigenvalue weighted by atomic mass is 32.1. The highest BCUT2D eigenvalue weighted by Crippen LogP contribution is 2.18. The Morgan fingerprint density at radius 2 is 2.04 bits per heavy atom. The molecule has 0 spiro atoms. The third kappa shape index (κ3) is 2.53. The normalized spacial score (nSPS) is 11.2. The van der Waals surface area contributed by atoms with Crippen molar-refractivity contribution in [2.24, 2.45) is 0 Å². The van der Waals surface area contributed by atoms with E-state index in [9.17, 15) is 9.18 Å². The van der Waals surface area contributed by atoms with Crippen LogP contribution < -0.4 is 5.56 Å². The zero-order chi connectivity index (χ0) is 15.8. The van der Waals surface area contributed by atoms with E-state index in [1.54, 1.807) is 18.2 Å². The molecule has 114 valence electrons. The lowest BCUT2D eigenvalue weighted by Crippen LogP contribution is -2.20. The number of fused-ring (bicyclic) bond motifs is 1. The van der Waals surface area contributed by atoms with E-state index >= 15 is 0 Å². The smallest absolute Gasteiger partial charge is 0.271 e. The summed E-state index contributed by atoms with van der Waals surface area (Å²) in [7, 11) is 0. The van der Waals surface area contributed by atoms with E-state index in [-0.39, 0.29) is 23.8 Å². The van der Waals surface area contributed by atoms with Gasteiger partial charge in [0.2, 0.25) is 0 Å². The molecule has 0 aliphatic carbocycles. The Hall–Kier alpha value is -2.87. The van der Waals surface area contributed by atoms with Crippen LogP contribution in [-0.4, -0.2) is 19.7 Å². The average molecular weight is 328 g/mol. The second-order valence-electron chi connectivity index (χ2n) is 4.84. The molecule has 0 unspecified atom stereocenters. The molecular formula is C15H9FN4O2S. The molecule has 3 aromatic heterocycles. The van der Waals surface area contributed by atoms with Gasteiger partial charge < -0.3 is 4.52 Å². The number of halogens is 1. The molecule has 6 nitrogen and oxygen atoms in total. The Morgan fingerprint density at radius 1 is 1.22 bits per heavy atom. The van der Waals surface area contributed by atoms with Gasteiger partial charge in [0, 0.05) is 5.56 Å². The van der Waals surface area contributed by atoms with Gasteiger partial charge in [-0.1, -0.05) is 5.16 Å². The number of aromatic nitrogens is 4. The average Bonchev–Trinajstić information content (AvgIpc) is 3.20. The number of hydrogen-bond acceptors (Lipinski definition) is 6. The molecule has 0 fully saturated rings. The van der Waals surface area contributed by atoms with E-state index < -0.39 is 0 Å². The van der Waals surface area contributed by atoms with Gasteiger partial charge in [0.25, 0.3) is 11.4 Å². The van der Waals surface area contributed by atoms with E-state index in [1.807, 2.05) is 5.38 Å². The molecule has 0 saturated carbocycles. The van der Waals surface area contributed by atoms with E-state index in [0.717, 1.165) is 0 Å². The highest BCUT2D eigenvalue weighted by molar-refractivity contribution is 7.17. The number of hydrogen-bond donors (Lipinski definition) is 0. The first-order chi connectivity index (χ1) is 11.2. The molecule has 0 amide bonds. The summed E-state index contributed by atoms with van der Waals surface area (Å²) >= 11 is 1.35. The van der Waals surface area contributed by atoms with Crippen molar-refractivity contribution in [3.8, 4) is 11.5 Å². The Morgan fingerprint density at radius 3 is 2.87 bits per heavy atom. The summed E-state index contributed by atoms with van der Waals surface area (Å²) in [6, 6.07) is 7.54. The maximum atomic E-state index is 12.9. The van der Waals surface area contributed by atoms with Crippen LogP contribution in [-0.2, 0) is 6.54 Å². The van der Waals surface area contributed by atoms with Crippen LogP contribution in [0.4, 0.5) is 4.39 Å². The zero-order valence-corrected chi connectivity index (χ0v) is 12.5. The minimum atomic E-state index is -0.338. The van der Waals surface area contributed by atoms with Crippen LogP contribution in [0, 0.1) is 5.82 Å². The van der Waals surface area contributed by atoms with Gasteiger partial charge in [-0.05, 0) is 35.7 Å². The van der Waals surface area contributed by atoms with Gasteiger partial charge in [0.05, 0.1) is 18.4 Å². The predicted octanol–water partition coefficient (Wildman–Crippen LogP) is 2.70. The summed E-state index contributed by atoms with van der Waals surface area (Å²) in [5.41, 5.74) is 1.15. The molecular weight excluding hydrogens is 319 g/mol. The lowest BCUT2D eigenvalue weighted by molar-refractivity contribution is 0.420. The van der Waals surface area contributed by atoms with E-state index in [1.165, 1.54) is 34.4 Å². The van der Waals surface area contributed by atoms with Crippen LogP contribution in [0.1, 0.15) is 5.82 Å². The Bertz CT molecular complexity index is 1040. The van der Waals surface area contributed by atoms with Crippen molar-refractivity contribution in [3.63, 3.8) is 0 Å². The lowest BCUT2D eigenvalue weighted by atomic mass is 10.2. The Kier molecular flexibility index (Phi) is 3.23. The first kappa shape index (κ1) is 13.8. The molecule has 1 aromatic carbocycles. The summed E-state index contributed by atoms with van der Waals surface area (Å²) in [5, 5.41) is 5.68. The first-order valence-electron chi connectivity index (χ1n) is 6.72. The first-order valence-corrected chi connectivity index (χ1v) is 7.60. The Balaban J connectivity index is 1.65. The zero-order valence-electron chi connectivity index (χ0n) is 11.6. The van der Waals surface area contributed by atoms with Gasteiger partial charge in [-0.15, -0.1) is 11.3 Å². The van der Waals surface area contributed by atoms with Gasteiger partial charge in [0.1, 0.15) is 10.5 Å². The number of rotatable bonds is 3. The van der Waals surface area contributed by atoms with E-state index in [0.29, 0.717) is 21.6 Å². The third-order valence-electron chi connectivity index (χ3n) is 3.31. The summed E-state index contributed by atoms with van der Waals surface area (Å²) < 4.78 is 20.1. The van der Waals surface area contributed by atoms with Crippen LogP contribution >= 0.6 is 11.3 Å². The standard InChI is InChI=1S/C15H9FN4O2S/c16-10-3-1-9(2-4-10)14-18-12(19-22-14)7-20-8-17-11-5-6-23-13(11)15(20)21/h1-6,8H,7H2. The maximum Gasteiger partial charge on any atom is 0.271 e. The fourth-order valence-electron chi connectivity index (χ4n) is 2.17. The Labute approximate surface area is 132 Å². The van der Waals surface area contributed by atoms with E-state index in [4.69, 9.17) is 4.52 Å². The molecule has 0 N–H and O–H groups in total. The predicted molar refractivity (Wildman–Crippen MR) is 82.7 cm³/mol. The minimum Gasteiger partial charge on any atom is -0.334 e. The number of benzene rings is 1. The van der Waals surface area contributed by atoms with Crippen molar-refractivity contribution in [3.05, 3.63) is 64.0 Å². The molecule has 0 aliphatic heterocycles. The largest absolute Gasteiger partial charge is 0.334 e. The van der Waals surface area contributed by atoms with Gasteiger partial charge in [-0.2, -0.15) is 4.98 Å². The second-order valence-corrected chi connectivity index (χ2v) is 5.75. The van der Waals surface area contributed by atoms with Gasteiger partial charge >= 0.3 is 0 Å². The van der Waals surface area contributed by atoms with Crippen LogP contribution in [0.3, 0.4) is 0 Å². The molecule has 23 heavy (non-hydrogen) atoms. The van der Waals surface area contributed by atoms with Crippen LogP contribution in [0.15, 0.2) is 51.4 Å². The van der Waals surface area contributed by atoms with Crippen molar-refractivity contribution in [1.82, 2.24) is 19.7 Å². The molecule has 4 rings (SSSR count). The van der Waals surface area contributed by atoms with Crippen molar-refractivity contribution in [2.45, 2.75) is 6.54 Å². The van der Waals surface area contributed by atoms with Gasteiger partial charge in [-0.3, -0.25) is 9.36 Å². The summed E-state index contributed by atoms with van der Waals surface area (Å²) in [6.07, 6.45) is 1.46. The fraction of sp³-hybridized carbons (Fsp3) is 0.0667. The highest BCUT2D eigenvalue weighted by Gasteiger charge is 2.11. The summed E-state index contributed by atoms with van der Waals surface area (Å²) in [5.74, 6) is 0.290. The molecule has 0 bridgehead atoms. The summed E-state index contributed by atoms with van der Waals surface area (Å²) in [6.45, 7) is 0.157. The monoisotopic (exact) mass is 328 g/mol. The molecule has 0 radical (unpaired) electrons. The number of thiophene rings is 1. The van der Waals surface area contributed by atoms with E-state index in [2.05, 4.69) is 15.1 Å². The minimum absolute atomic E-state index is 0.141. The summed E-state index contributed by atoms with van der Waals surface area (Å²) in [4.78, 5) is 20.8. The number of nitrogens with zero attached hydrogens (tertiary/aromatic N) is 4. The van der Waals surface area contributed by atoms with Crippen molar-refractivity contribution >= 4 is 21.6 Å². The van der Waals surface area contributed by atoms with Crippen molar-refractivity contribution in [2.75, 3.05) is 0 Å². The molecule has 0 saturated heterocycles. The molecule has 3 heterocycles. The van der Waals surface area contributed by atoms with Crippen LogP contribution in [0.25, 0.3) is 21.7 Å². The molecule has 0 aliphatic rings. The SMILES string of the molecule is O=c1c2sccc2ncn1Cc1noc(-c2ccc(F)cc2)n1. The second kappa shape index (κ2) is 5.40. The van der Waals surface area contributed by atoms with Gasteiger partial charge in [0.15, 0.2) is 5.82 Å². The molecule has 8 heteroatoms. The van der Waals surface area contributed by atoms with Crippen LogP contribution in [0.2, 0.25) is 0 Å². The fourth-order valence-corrected chi connectivity index (χ4v) is 2.96.